The van der Waals surface area contributed by atoms with Gasteiger partial charge in [-0.25, -0.2) is 4.98 Å². The van der Waals surface area contributed by atoms with Crippen LogP contribution in [0.15, 0.2) is 16.9 Å². The number of hydrogen-bond donors (Lipinski definition) is 5. The zero-order valence-corrected chi connectivity index (χ0v) is 11.7. The number of nitrogens with zero attached hydrogens (tertiary/aromatic N) is 1. The van der Waals surface area contributed by atoms with Crippen LogP contribution in [0.4, 0.5) is 0 Å². The van der Waals surface area contributed by atoms with Crippen molar-refractivity contribution in [1.29, 1.82) is 0 Å². The molecule has 1 aromatic heterocycles. The lowest BCUT2D eigenvalue weighted by Crippen LogP contribution is -2.64. The summed E-state index contributed by atoms with van der Waals surface area (Å²) in [5.74, 6) is -1.29. The molecule has 1 aliphatic heterocycles. The Kier molecular flexibility index (Phi) is 5.08. The van der Waals surface area contributed by atoms with E-state index in [0.717, 1.165) is 0 Å². The van der Waals surface area contributed by atoms with Gasteiger partial charge in [-0.3, -0.25) is 9.59 Å². The normalized spacial score (nSPS) is 31.5. The Hall–Kier alpha value is -2.01. The highest BCUT2D eigenvalue weighted by Gasteiger charge is 2.44. The van der Waals surface area contributed by atoms with Crippen molar-refractivity contribution < 1.29 is 34.1 Å². The number of aliphatic hydroxyl groups excluding tert-OH is 3. The number of ether oxygens (including phenoxy) is 1. The van der Waals surface area contributed by atoms with E-state index in [1.165, 1.54) is 19.4 Å². The van der Waals surface area contributed by atoms with E-state index < -0.39 is 42.5 Å². The number of aromatic nitrogens is 1. The van der Waals surface area contributed by atoms with Gasteiger partial charge in [0, 0.05) is 13.5 Å². The van der Waals surface area contributed by atoms with Crippen molar-refractivity contribution in [3.8, 4) is 0 Å². The fourth-order valence-corrected chi connectivity index (χ4v) is 2.11. The highest BCUT2D eigenvalue weighted by atomic mass is 16.6. The third kappa shape index (κ3) is 3.60. The molecule has 5 atom stereocenters. The summed E-state index contributed by atoms with van der Waals surface area (Å²) >= 11 is 0. The van der Waals surface area contributed by atoms with Gasteiger partial charge in [0.05, 0.1) is 6.20 Å². The summed E-state index contributed by atoms with van der Waals surface area (Å²) in [4.78, 5) is 26.3. The molecule has 0 radical (unpaired) electrons. The first kappa shape index (κ1) is 16.4. The first-order chi connectivity index (χ1) is 10.4. The van der Waals surface area contributed by atoms with Gasteiger partial charge >= 0.3 is 5.91 Å². The highest BCUT2D eigenvalue weighted by Crippen LogP contribution is 2.19. The minimum Gasteiger partial charge on any atom is -0.441 e. The van der Waals surface area contributed by atoms with Crippen molar-refractivity contribution in [2.75, 3.05) is 6.54 Å². The summed E-state index contributed by atoms with van der Waals surface area (Å²) in [6, 6.07) is -1.16. The van der Waals surface area contributed by atoms with E-state index in [-0.39, 0.29) is 12.4 Å². The second kappa shape index (κ2) is 6.83. The molecular formula is C12H17N3O7. The average Bonchev–Trinajstić information content (AvgIpc) is 2.99. The SMILES string of the molecule is CC(=O)N[C@@H]1[C@@H](O)[C@@H](O)[C@@H](CNC(=O)c2ncco2)O[C@H]1O. The molecule has 22 heavy (non-hydrogen) atoms. The molecule has 2 heterocycles. The van der Waals surface area contributed by atoms with Crippen molar-refractivity contribution >= 4 is 11.8 Å². The van der Waals surface area contributed by atoms with Crippen molar-refractivity contribution in [3.63, 3.8) is 0 Å². The zero-order chi connectivity index (χ0) is 16.3. The molecule has 10 heteroatoms. The Morgan fingerprint density at radius 2 is 2.05 bits per heavy atom. The number of amides is 2. The predicted molar refractivity (Wildman–Crippen MR) is 69.3 cm³/mol. The summed E-state index contributed by atoms with van der Waals surface area (Å²) < 4.78 is 9.91. The lowest BCUT2D eigenvalue weighted by Gasteiger charge is -2.40. The predicted octanol–water partition coefficient (Wildman–Crippen LogP) is -2.65. The number of hydrogen-bond acceptors (Lipinski definition) is 8. The van der Waals surface area contributed by atoms with Crippen molar-refractivity contribution in [2.45, 2.75) is 37.6 Å². The smallest absolute Gasteiger partial charge is 0.307 e. The summed E-state index contributed by atoms with van der Waals surface area (Å²) in [7, 11) is 0. The maximum absolute atomic E-state index is 11.6. The third-order valence-electron chi connectivity index (χ3n) is 3.18. The van der Waals surface area contributed by atoms with E-state index in [4.69, 9.17) is 9.15 Å². The van der Waals surface area contributed by atoms with Crippen molar-refractivity contribution in [2.24, 2.45) is 0 Å². The van der Waals surface area contributed by atoms with E-state index >= 15 is 0 Å². The number of aliphatic hydroxyl groups is 3. The van der Waals surface area contributed by atoms with E-state index in [1.807, 2.05) is 0 Å². The molecule has 1 aromatic rings. The van der Waals surface area contributed by atoms with Gasteiger partial charge in [0.15, 0.2) is 6.29 Å². The Bertz CT molecular complexity index is 521. The molecule has 0 aliphatic carbocycles. The standard InChI is InChI=1S/C12H17N3O7/c1-5(16)15-7-9(18)8(17)6(22-12(7)20)4-14-10(19)11-13-2-3-21-11/h2-3,6-9,12,17-18,20H,4H2,1H3,(H,14,19)(H,15,16)/t6-,7-,8+,9-,12-/m1/s1. The third-order valence-corrected chi connectivity index (χ3v) is 3.18. The topological polar surface area (TPSA) is 154 Å². The van der Waals surface area contributed by atoms with E-state index in [1.54, 1.807) is 0 Å². The van der Waals surface area contributed by atoms with Crippen LogP contribution in [0.2, 0.25) is 0 Å². The van der Waals surface area contributed by atoms with Crippen LogP contribution in [0.5, 0.6) is 0 Å². The minimum absolute atomic E-state index is 0.164. The molecule has 10 nitrogen and oxygen atoms in total. The number of nitrogens with one attached hydrogen (secondary N) is 2. The minimum atomic E-state index is -1.52. The van der Waals surface area contributed by atoms with Crippen LogP contribution in [0, 0.1) is 0 Å². The molecule has 5 N–H and O–H groups in total. The van der Waals surface area contributed by atoms with Gasteiger partial charge in [-0.15, -0.1) is 0 Å². The zero-order valence-electron chi connectivity index (χ0n) is 11.7. The first-order valence-electron chi connectivity index (χ1n) is 6.54. The maximum Gasteiger partial charge on any atom is 0.307 e. The lowest BCUT2D eigenvalue weighted by molar-refractivity contribution is -0.245. The molecule has 2 rings (SSSR count). The van der Waals surface area contributed by atoms with E-state index in [0.29, 0.717) is 0 Å². The molecule has 1 fully saturated rings. The Morgan fingerprint density at radius 1 is 1.32 bits per heavy atom. The van der Waals surface area contributed by atoms with Gasteiger partial charge in [0.25, 0.3) is 5.89 Å². The molecule has 0 saturated carbocycles. The Balaban J connectivity index is 1.93. The molecular weight excluding hydrogens is 298 g/mol. The van der Waals surface area contributed by atoms with Gasteiger partial charge in [-0.05, 0) is 0 Å². The summed E-state index contributed by atoms with van der Waals surface area (Å²) in [5.41, 5.74) is 0. The average molecular weight is 315 g/mol. The number of oxazole rings is 1. The van der Waals surface area contributed by atoms with Crippen LogP contribution in [0.3, 0.4) is 0 Å². The van der Waals surface area contributed by atoms with Gasteiger partial charge in [0.1, 0.15) is 30.6 Å². The van der Waals surface area contributed by atoms with Crippen LogP contribution in [0.1, 0.15) is 17.6 Å². The molecule has 0 unspecified atom stereocenters. The second-order valence-electron chi connectivity index (χ2n) is 4.82. The van der Waals surface area contributed by atoms with Gasteiger partial charge in [-0.1, -0.05) is 0 Å². The van der Waals surface area contributed by atoms with Crippen LogP contribution in [-0.2, 0) is 9.53 Å². The summed E-state index contributed by atoms with van der Waals surface area (Å²) in [5, 5.41) is 34.3. The maximum atomic E-state index is 11.6. The van der Waals surface area contributed by atoms with Gasteiger partial charge < -0.3 is 35.1 Å². The first-order valence-corrected chi connectivity index (χ1v) is 6.54. The van der Waals surface area contributed by atoms with Crippen LogP contribution >= 0.6 is 0 Å². The fraction of sp³-hybridized carbons (Fsp3) is 0.583. The molecule has 1 saturated heterocycles. The van der Waals surface area contributed by atoms with Crippen LogP contribution in [0.25, 0.3) is 0 Å². The number of carbonyl (C=O) groups is 2. The summed E-state index contributed by atoms with van der Waals surface area (Å²) in [6.07, 6.45) is -2.92. The number of rotatable bonds is 4. The van der Waals surface area contributed by atoms with E-state index in [2.05, 4.69) is 15.6 Å². The molecule has 0 spiro atoms. The quantitative estimate of drug-likeness (QED) is 0.403. The molecule has 122 valence electrons. The Morgan fingerprint density at radius 3 is 2.64 bits per heavy atom. The largest absolute Gasteiger partial charge is 0.441 e. The van der Waals surface area contributed by atoms with Crippen LogP contribution < -0.4 is 10.6 Å². The lowest BCUT2D eigenvalue weighted by atomic mass is 9.96. The number of carbonyl (C=O) groups excluding carboxylic acids is 2. The van der Waals surface area contributed by atoms with E-state index in [9.17, 15) is 24.9 Å². The van der Waals surface area contributed by atoms with Gasteiger partial charge in [-0.2, -0.15) is 0 Å². The second-order valence-corrected chi connectivity index (χ2v) is 4.82. The summed E-state index contributed by atoms with van der Waals surface area (Å²) in [6.45, 7) is 1.01. The molecule has 1 aliphatic rings. The molecule has 0 bridgehead atoms. The van der Waals surface area contributed by atoms with Crippen LogP contribution in [-0.4, -0.2) is 69.3 Å². The highest BCUT2D eigenvalue weighted by molar-refractivity contribution is 5.89. The van der Waals surface area contributed by atoms with Crippen molar-refractivity contribution in [3.05, 3.63) is 18.4 Å². The Labute approximate surface area is 125 Å². The van der Waals surface area contributed by atoms with Crippen molar-refractivity contribution in [1.82, 2.24) is 15.6 Å². The van der Waals surface area contributed by atoms with Gasteiger partial charge in [0.2, 0.25) is 5.91 Å². The monoisotopic (exact) mass is 315 g/mol. The fourth-order valence-electron chi connectivity index (χ4n) is 2.11. The molecule has 2 amide bonds. The molecule has 0 aromatic carbocycles.